The predicted octanol–water partition coefficient (Wildman–Crippen LogP) is 1.54. The fourth-order valence-corrected chi connectivity index (χ4v) is 4.48. The lowest BCUT2D eigenvalue weighted by Crippen LogP contribution is -2.58. The minimum atomic E-state index is -0.569. The van der Waals surface area contributed by atoms with Gasteiger partial charge in [0, 0.05) is 32.0 Å². The third-order valence-corrected chi connectivity index (χ3v) is 5.93. The van der Waals surface area contributed by atoms with Gasteiger partial charge < -0.3 is 15.4 Å². The molecule has 0 aromatic carbocycles. The Morgan fingerprint density at radius 3 is 2.83 bits per heavy atom. The molecule has 2 heterocycles. The smallest absolute Gasteiger partial charge is 0.308 e. The molecule has 0 bridgehead atoms. The highest BCUT2D eigenvalue weighted by molar-refractivity contribution is 5.89. The molecule has 1 saturated heterocycles. The standard InChI is InChI=1S/C22H32N4O4/c1-2-30-20(28)14-22(8-4-3-5-9-22)25-19(27)13-18-21(29)24-11-12-26(18)16-17-7-6-10-23-15-17/h6-7,10,15,18H,2-5,8-9,11-14,16H2,1H3,(H,24,29)(H,25,27). The Morgan fingerprint density at radius 2 is 2.13 bits per heavy atom. The molecule has 1 saturated carbocycles. The Bertz CT molecular complexity index is 734. The van der Waals surface area contributed by atoms with Gasteiger partial charge in [-0.2, -0.15) is 0 Å². The maximum atomic E-state index is 13.0. The summed E-state index contributed by atoms with van der Waals surface area (Å²) in [7, 11) is 0. The summed E-state index contributed by atoms with van der Waals surface area (Å²) in [6.07, 6.45) is 8.30. The van der Waals surface area contributed by atoms with Gasteiger partial charge in [-0.25, -0.2) is 0 Å². The molecule has 1 unspecified atom stereocenters. The van der Waals surface area contributed by atoms with Gasteiger partial charge >= 0.3 is 5.97 Å². The van der Waals surface area contributed by atoms with E-state index in [1.807, 2.05) is 17.0 Å². The van der Waals surface area contributed by atoms with Crippen LogP contribution >= 0.6 is 0 Å². The molecule has 1 aromatic heterocycles. The van der Waals surface area contributed by atoms with E-state index < -0.39 is 11.6 Å². The SMILES string of the molecule is CCOC(=O)CC1(NC(=O)CC2C(=O)NCCN2Cc2cccnc2)CCCCC1. The van der Waals surface area contributed by atoms with Crippen LogP contribution in [-0.4, -0.2) is 58.9 Å². The van der Waals surface area contributed by atoms with Gasteiger partial charge in [0.1, 0.15) is 0 Å². The summed E-state index contributed by atoms with van der Waals surface area (Å²) in [6.45, 7) is 3.90. The van der Waals surface area contributed by atoms with Gasteiger partial charge in [-0.05, 0) is 31.4 Å². The van der Waals surface area contributed by atoms with Gasteiger partial charge in [0.2, 0.25) is 11.8 Å². The number of carbonyl (C=O) groups excluding carboxylic acids is 3. The van der Waals surface area contributed by atoms with Crippen molar-refractivity contribution in [2.45, 2.75) is 70.0 Å². The van der Waals surface area contributed by atoms with Crippen LogP contribution in [0.25, 0.3) is 0 Å². The van der Waals surface area contributed by atoms with Gasteiger partial charge in [0.25, 0.3) is 0 Å². The third-order valence-electron chi connectivity index (χ3n) is 5.93. The molecule has 1 aliphatic heterocycles. The topological polar surface area (TPSA) is 101 Å². The zero-order valence-electron chi connectivity index (χ0n) is 17.7. The fraction of sp³-hybridized carbons (Fsp3) is 0.636. The highest BCUT2D eigenvalue weighted by Gasteiger charge is 2.38. The van der Waals surface area contributed by atoms with Crippen LogP contribution in [0.4, 0.5) is 0 Å². The minimum Gasteiger partial charge on any atom is -0.466 e. The molecular weight excluding hydrogens is 384 g/mol. The van der Waals surface area contributed by atoms with Gasteiger partial charge in [0.15, 0.2) is 0 Å². The van der Waals surface area contributed by atoms with E-state index in [-0.39, 0.29) is 30.6 Å². The van der Waals surface area contributed by atoms with E-state index in [1.54, 1.807) is 19.3 Å². The summed E-state index contributed by atoms with van der Waals surface area (Å²) in [5.41, 5.74) is 0.435. The lowest BCUT2D eigenvalue weighted by atomic mass is 9.79. The predicted molar refractivity (Wildman–Crippen MR) is 111 cm³/mol. The van der Waals surface area contributed by atoms with Crippen LogP contribution in [0.15, 0.2) is 24.5 Å². The van der Waals surface area contributed by atoms with Gasteiger partial charge in [-0.3, -0.25) is 24.3 Å². The molecule has 2 aliphatic rings. The van der Waals surface area contributed by atoms with Gasteiger partial charge in [0.05, 0.1) is 31.0 Å². The normalized spacial score (nSPS) is 21.5. The van der Waals surface area contributed by atoms with Gasteiger partial charge in [-0.1, -0.05) is 25.3 Å². The van der Waals surface area contributed by atoms with E-state index in [4.69, 9.17) is 4.74 Å². The van der Waals surface area contributed by atoms with E-state index in [1.165, 1.54) is 0 Å². The second kappa shape index (κ2) is 10.5. The Balaban J connectivity index is 1.66. The van der Waals surface area contributed by atoms with E-state index in [9.17, 15) is 14.4 Å². The lowest BCUT2D eigenvalue weighted by molar-refractivity contribution is -0.146. The van der Waals surface area contributed by atoms with Crippen molar-refractivity contribution in [2.24, 2.45) is 0 Å². The summed E-state index contributed by atoms with van der Waals surface area (Å²) < 4.78 is 5.13. The van der Waals surface area contributed by atoms with E-state index in [0.29, 0.717) is 26.2 Å². The summed E-state index contributed by atoms with van der Waals surface area (Å²) in [5.74, 6) is -0.615. The number of rotatable bonds is 8. The van der Waals surface area contributed by atoms with Crippen LogP contribution in [0, 0.1) is 0 Å². The number of hydrogen-bond donors (Lipinski definition) is 2. The molecule has 8 heteroatoms. The molecule has 1 aliphatic carbocycles. The van der Waals surface area contributed by atoms with E-state index in [2.05, 4.69) is 15.6 Å². The third kappa shape index (κ3) is 6.01. The molecule has 30 heavy (non-hydrogen) atoms. The summed E-state index contributed by atoms with van der Waals surface area (Å²) in [4.78, 5) is 43.8. The molecular formula is C22H32N4O4. The largest absolute Gasteiger partial charge is 0.466 e. The Morgan fingerprint density at radius 1 is 1.33 bits per heavy atom. The molecule has 3 rings (SSSR count). The molecule has 1 atom stereocenters. The highest BCUT2D eigenvalue weighted by Crippen LogP contribution is 2.32. The van der Waals surface area contributed by atoms with Crippen LogP contribution in [-0.2, 0) is 25.7 Å². The Kier molecular flexibility index (Phi) is 7.79. The summed E-state index contributed by atoms with van der Waals surface area (Å²) in [6, 6.07) is 3.29. The molecule has 164 valence electrons. The van der Waals surface area contributed by atoms with Crippen molar-refractivity contribution in [3.63, 3.8) is 0 Å². The van der Waals surface area contributed by atoms with Crippen molar-refractivity contribution in [2.75, 3.05) is 19.7 Å². The number of nitrogens with one attached hydrogen (secondary N) is 2. The van der Waals surface area contributed by atoms with Crippen molar-refractivity contribution in [3.8, 4) is 0 Å². The number of amides is 2. The molecule has 8 nitrogen and oxygen atoms in total. The zero-order chi connectivity index (χ0) is 21.4. The Hall–Kier alpha value is -2.48. The molecule has 2 fully saturated rings. The minimum absolute atomic E-state index is 0.0661. The molecule has 0 radical (unpaired) electrons. The number of nitrogens with zero attached hydrogens (tertiary/aromatic N) is 2. The molecule has 0 spiro atoms. The van der Waals surface area contributed by atoms with E-state index >= 15 is 0 Å². The van der Waals surface area contributed by atoms with E-state index in [0.717, 1.165) is 37.7 Å². The van der Waals surface area contributed by atoms with Crippen molar-refractivity contribution in [1.29, 1.82) is 0 Å². The highest BCUT2D eigenvalue weighted by atomic mass is 16.5. The second-order valence-corrected chi connectivity index (χ2v) is 8.21. The number of ether oxygens (including phenoxy) is 1. The van der Waals surface area contributed by atoms with Crippen molar-refractivity contribution < 1.29 is 19.1 Å². The van der Waals surface area contributed by atoms with Gasteiger partial charge in [-0.15, -0.1) is 0 Å². The molecule has 2 amide bonds. The molecule has 2 N–H and O–H groups in total. The quantitative estimate of drug-likeness (QED) is 0.624. The number of hydrogen-bond acceptors (Lipinski definition) is 6. The van der Waals surface area contributed by atoms with Crippen molar-refractivity contribution in [3.05, 3.63) is 30.1 Å². The Labute approximate surface area is 177 Å². The summed E-state index contributed by atoms with van der Waals surface area (Å²) >= 11 is 0. The summed E-state index contributed by atoms with van der Waals surface area (Å²) in [5, 5.41) is 5.98. The first-order chi connectivity index (χ1) is 14.5. The maximum Gasteiger partial charge on any atom is 0.308 e. The number of esters is 1. The second-order valence-electron chi connectivity index (χ2n) is 8.21. The number of pyridine rings is 1. The number of aromatic nitrogens is 1. The monoisotopic (exact) mass is 416 g/mol. The number of carbonyl (C=O) groups is 3. The first-order valence-electron chi connectivity index (χ1n) is 10.9. The first-order valence-corrected chi connectivity index (χ1v) is 10.9. The van der Waals surface area contributed by atoms with Crippen molar-refractivity contribution >= 4 is 17.8 Å². The van der Waals surface area contributed by atoms with Crippen LogP contribution in [0.2, 0.25) is 0 Å². The van der Waals surface area contributed by atoms with Crippen LogP contribution in [0.5, 0.6) is 0 Å². The zero-order valence-corrected chi connectivity index (χ0v) is 17.7. The average Bonchev–Trinajstić information content (AvgIpc) is 2.72. The average molecular weight is 417 g/mol. The van der Waals surface area contributed by atoms with Crippen LogP contribution in [0.3, 0.4) is 0 Å². The lowest BCUT2D eigenvalue weighted by Gasteiger charge is -2.39. The first kappa shape index (κ1) is 22.2. The van der Waals surface area contributed by atoms with Crippen LogP contribution < -0.4 is 10.6 Å². The molecule has 1 aromatic rings. The maximum absolute atomic E-state index is 13.0. The number of piperazine rings is 1. The van der Waals surface area contributed by atoms with Crippen LogP contribution in [0.1, 0.15) is 57.4 Å². The van der Waals surface area contributed by atoms with Crippen molar-refractivity contribution in [1.82, 2.24) is 20.5 Å². The fourth-order valence-electron chi connectivity index (χ4n) is 4.48.